The lowest BCUT2D eigenvalue weighted by Gasteiger charge is -2.11. The summed E-state index contributed by atoms with van der Waals surface area (Å²) in [6.07, 6.45) is 3.26. The van der Waals surface area contributed by atoms with Crippen molar-refractivity contribution in [3.05, 3.63) is 82.1 Å². The van der Waals surface area contributed by atoms with Gasteiger partial charge >= 0.3 is 0 Å². The van der Waals surface area contributed by atoms with E-state index >= 15 is 0 Å². The second-order valence-corrected chi connectivity index (χ2v) is 6.67. The number of carbonyl (C=O) groups is 1. The fraction of sp³-hybridized carbons (Fsp3) is 0.100. The average molecular weight is 396 g/mol. The van der Waals surface area contributed by atoms with Crippen LogP contribution in [-0.4, -0.2) is 10.9 Å². The van der Waals surface area contributed by atoms with Gasteiger partial charge in [-0.05, 0) is 55.3 Å². The van der Waals surface area contributed by atoms with Gasteiger partial charge < -0.3 is 10.6 Å². The molecule has 0 spiro atoms. The molecule has 2 aromatic carbocycles. The number of benzene rings is 2. The van der Waals surface area contributed by atoms with Crippen molar-refractivity contribution in [2.75, 3.05) is 10.6 Å². The highest BCUT2D eigenvalue weighted by Crippen LogP contribution is 2.22. The number of anilines is 3. The third-order valence-corrected chi connectivity index (χ3v) is 4.73. The molecule has 2 N–H and O–H groups in total. The first-order valence-electron chi connectivity index (χ1n) is 7.88. The molecule has 0 aliphatic heterocycles. The number of nitrogens with zero attached hydrogens (tertiary/aromatic N) is 1. The molecule has 25 heavy (non-hydrogen) atoms. The van der Waals surface area contributed by atoms with Crippen LogP contribution in [0.15, 0.2) is 65.4 Å². The Morgan fingerprint density at radius 2 is 1.76 bits per heavy atom. The minimum absolute atomic E-state index is 0.192. The Morgan fingerprint density at radius 3 is 2.52 bits per heavy atom. The van der Waals surface area contributed by atoms with Gasteiger partial charge in [-0.25, -0.2) is 0 Å². The monoisotopic (exact) mass is 395 g/mol. The van der Waals surface area contributed by atoms with E-state index in [0.717, 1.165) is 32.7 Å². The van der Waals surface area contributed by atoms with Crippen molar-refractivity contribution < 1.29 is 4.79 Å². The van der Waals surface area contributed by atoms with Crippen molar-refractivity contribution in [2.24, 2.45) is 0 Å². The van der Waals surface area contributed by atoms with Crippen LogP contribution in [0.25, 0.3) is 0 Å². The molecule has 0 aliphatic carbocycles. The first-order valence-corrected chi connectivity index (χ1v) is 8.67. The zero-order valence-electron chi connectivity index (χ0n) is 14.0. The van der Waals surface area contributed by atoms with Crippen molar-refractivity contribution in [3.63, 3.8) is 0 Å². The Morgan fingerprint density at radius 1 is 0.960 bits per heavy atom. The number of para-hydroxylation sites is 1. The highest BCUT2D eigenvalue weighted by Gasteiger charge is 2.09. The smallest absolute Gasteiger partial charge is 0.257 e. The molecule has 0 atom stereocenters. The molecule has 0 saturated carbocycles. The van der Waals surface area contributed by atoms with Crippen LogP contribution in [0, 0.1) is 13.8 Å². The Balaban J connectivity index is 1.77. The molecular weight excluding hydrogens is 378 g/mol. The van der Waals surface area contributed by atoms with Crippen molar-refractivity contribution in [1.82, 2.24) is 4.98 Å². The number of aromatic nitrogens is 1. The second-order valence-electron chi connectivity index (χ2n) is 5.82. The first-order chi connectivity index (χ1) is 12.0. The summed E-state index contributed by atoms with van der Waals surface area (Å²) in [5.74, 6) is -0.192. The summed E-state index contributed by atoms with van der Waals surface area (Å²) in [5, 5.41) is 6.20. The SMILES string of the molecule is Cc1cc(NC(=O)c2cncc(Nc3ccccc3C)c2)ccc1Br. The number of aryl methyl sites for hydroxylation is 2. The molecule has 0 unspecified atom stereocenters. The van der Waals surface area contributed by atoms with E-state index in [2.05, 4.69) is 31.5 Å². The molecule has 0 radical (unpaired) electrons. The maximum atomic E-state index is 12.5. The van der Waals surface area contributed by atoms with E-state index in [1.807, 2.05) is 56.3 Å². The van der Waals surface area contributed by atoms with Gasteiger partial charge in [0.25, 0.3) is 5.91 Å². The fourth-order valence-corrected chi connectivity index (χ4v) is 2.67. The van der Waals surface area contributed by atoms with E-state index < -0.39 is 0 Å². The number of amides is 1. The Labute approximate surface area is 155 Å². The van der Waals surface area contributed by atoms with Gasteiger partial charge in [0.1, 0.15) is 0 Å². The molecule has 0 aliphatic rings. The van der Waals surface area contributed by atoms with E-state index in [1.54, 1.807) is 18.5 Å². The standard InChI is InChI=1S/C20H18BrN3O/c1-13-5-3-4-6-19(13)23-17-10-15(11-22-12-17)20(25)24-16-7-8-18(21)14(2)9-16/h3-12,23H,1-2H3,(H,24,25). The second kappa shape index (κ2) is 7.49. The molecule has 1 heterocycles. The van der Waals surface area contributed by atoms with E-state index in [0.29, 0.717) is 5.56 Å². The quantitative estimate of drug-likeness (QED) is 0.616. The zero-order chi connectivity index (χ0) is 17.8. The summed E-state index contributed by atoms with van der Waals surface area (Å²) < 4.78 is 1.01. The summed E-state index contributed by atoms with van der Waals surface area (Å²) >= 11 is 3.46. The van der Waals surface area contributed by atoms with Crippen LogP contribution in [0.1, 0.15) is 21.5 Å². The molecule has 5 heteroatoms. The summed E-state index contributed by atoms with van der Waals surface area (Å²) in [6, 6.07) is 15.5. The molecule has 1 aromatic heterocycles. The molecule has 3 rings (SSSR count). The maximum absolute atomic E-state index is 12.5. The molecule has 4 nitrogen and oxygen atoms in total. The topological polar surface area (TPSA) is 54.0 Å². The minimum atomic E-state index is -0.192. The number of nitrogens with one attached hydrogen (secondary N) is 2. The fourth-order valence-electron chi connectivity index (χ4n) is 2.43. The maximum Gasteiger partial charge on any atom is 0.257 e. The van der Waals surface area contributed by atoms with E-state index in [4.69, 9.17) is 0 Å². The minimum Gasteiger partial charge on any atom is -0.354 e. The Bertz CT molecular complexity index is 924. The van der Waals surface area contributed by atoms with Crippen molar-refractivity contribution in [2.45, 2.75) is 13.8 Å². The summed E-state index contributed by atoms with van der Waals surface area (Å²) in [4.78, 5) is 16.7. The number of rotatable bonds is 4. The van der Waals surface area contributed by atoms with Crippen molar-refractivity contribution in [1.29, 1.82) is 0 Å². The normalized spacial score (nSPS) is 10.4. The van der Waals surface area contributed by atoms with Crippen molar-refractivity contribution >= 4 is 38.9 Å². The van der Waals surface area contributed by atoms with Crippen LogP contribution < -0.4 is 10.6 Å². The van der Waals surface area contributed by atoms with E-state index in [-0.39, 0.29) is 5.91 Å². The highest BCUT2D eigenvalue weighted by atomic mass is 79.9. The number of carbonyl (C=O) groups excluding carboxylic acids is 1. The largest absolute Gasteiger partial charge is 0.354 e. The third kappa shape index (κ3) is 4.25. The summed E-state index contributed by atoms with van der Waals surface area (Å²) in [5.41, 5.74) is 5.20. The third-order valence-electron chi connectivity index (χ3n) is 3.84. The summed E-state index contributed by atoms with van der Waals surface area (Å²) in [7, 11) is 0. The molecule has 3 aromatic rings. The van der Waals surface area contributed by atoms with Crippen LogP contribution >= 0.6 is 15.9 Å². The Hall–Kier alpha value is -2.66. The van der Waals surface area contributed by atoms with Crippen LogP contribution in [0.3, 0.4) is 0 Å². The molecule has 1 amide bonds. The van der Waals surface area contributed by atoms with Gasteiger partial charge in [-0.1, -0.05) is 34.1 Å². The van der Waals surface area contributed by atoms with E-state index in [1.165, 1.54) is 0 Å². The van der Waals surface area contributed by atoms with Gasteiger partial charge in [0.15, 0.2) is 0 Å². The van der Waals surface area contributed by atoms with Gasteiger partial charge in [-0.2, -0.15) is 0 Å². The van der Waals surface area contributed by atoms with Crippen LogP contribution in [0.4, 0.5) is 17.1 Å². The lowest BCUT2D eigenvalue weighted by atomic mass is 10.2. The number of pyridine rings is 1. The molecule has 126 valence electrons. The first kappa shape index (κ1) is 17.2. The number of halogens is 1. The van der Waals surface area contributed by atoms with Gasteiger partial charge in [-0.15, -0.1) is 0 Å². The summed E-state index contributed by atoms with van der Waals surface area (Å²) in [6.45, 7) is 4.01. The molecule has 0 bridgehead atoms. The lowest BCUT2D eigenvalue weighted by molar-refractivity contribution is 0.102. The molecular formula is C20H18BrN3O. The molecule has 0 fully saturated rings. The lowest BCUT2D eigenvalue weighted by Crippen LogP contribution is -2.12. The van der Waals surface area contributed by atoms with Gasteiger partial charge in [0.2, 0.25) is 0 Å². The van der Waals surface area contributed by atoms with Crippen LogP contribution in [0.5, 0.6) is 0 Å². The zero-order valence-corrected chi connectivity index (χ0v) is 15.6. The van der Waals surface area contributed by atoms with E-state index in [9.17, 15) is 4.79 Å². The predicted molar refractivity (Wildman–Crippen MR) is 106 cm³/mol. The number of hydrogen-bond donors (Lipinski definition) is 2. The predicted octanol–water partition coefficient (Wildman–Crippen LogP) is 5.46. The van der Waals surface area contributed by atoms with Crippen LogP contribution in [-0.2, 0) is 0 Å². The van der Waals surface area contributed by atoms with Gasteiger partial charge in [0, 0.05) is 22.0 Å². The highest BCUT2D eigenvalue weighted by molar-refractivity contribution is 9.10. The number of hydrogen-bond acceptors (Lipinski definition) is 3. The average Bonchev–Trinajstić information content (AvgIpc) is 2.60. The molecule has 0 saturated heterocycles. The van der Waals surface area contributed by atoms with Crippen LogP contribution in [0.2, 0.25) is 0 Å². The van der Waals surface area contributed by atoms with Gasteiger partial charge in [-0.3, -0.25) is 9.78 Å². The Kier molecular flexibility index (Phi) is 5.14. The van der Waals surface area contributed by atoms with Crippen molar-refractivity contribution in [3.8, 4) is 0 Å². The van der Waals surface area contributed by atoms with Gasteiger partial charge in [0.05, 0.1) is 17.4 Å².